The van der Waals surface area contributed by atoms with Gasteiger partial charge in [0.1, 0.15) is 0 Å². The fourth-order valence-corrected chi connectivity index (χ4v) is 2.68. The summed E-state index contributed by atoms with van der Waals surface area (Å²) in [6.07, 6.45) is 5.60. The Morgan fingerprint density at radius 1 is 1.27 bits per heavy atom. The van der Waals surface area contributed by atoms with E-state index in [1.165, 1.54) is 65.0 Å². The van der Waals surface area contributed by atoms with Gasteiger partial charge in [0, 0.05) is 25.7 Å². The molecule has 0 aromatic heterocycles. The van der Waals surface area contributed by atoms with Gasteiger partial charge in [0.05, 0.1) is 0 Å². The van der Waals surface area contributed by atoms with Gasteiger partial charge in [0.15, 0.2) is 0 Å². The second-order valence-electron chi connectivity index (χ2n) is 5.03. The van der Waals surface area contributed by atoms with E-state index in [1.54, 1.807) is 0 Å². The van der Waals surface area contributed by atoms with Crippen LogP contribution in [0.1, 0.15) is 25.7 Å². The second kappa shape index (κ2) is 5.83. The van der Waals surface area contributed by atoms with Gasteiger partial charge in [-0.05, 0) is 45.9 Å². The Labute approximate surface area is 93.8 Å². The molecule has 0 aromatic carbocycles. The lowest BCUT2D eigenvalue weighted by Crippen LogP contribution is -2.41. The molecule has 0 bridgehead atoms. The van der Waals surface area contributed by atoms with E-state index >= 15 is 0 Å². The fraction of sp³-hybridized carbons (Fsp3) is 1.00. The van der Waals surface area contributed by atoms with Crippen LogP contribution < -0.4 is 5.32 Å². The third kappa shape index (κ3) is 3.44. The predicted octanol–water partition coefficient (Wildman–Crippen LogP) is 0.766. The summed E-state index contributed by atoms with van der Waals surface area (Å²) in [5.74, 6) is 0. The molecule has 1 atom stereocenters. The minimum atomic E-state index is 0.787. The lowest BCUT2D eigenvalue weighted by molar-refractivity contribution is 0.176. The summed E-state index contributed by atoms with van der Waals surface area (Å²) in [6, 6.07) is 0.787. The van der Waals surface area contributed by atoms with Crippen molar-refractivity contribution in [3.63, 3.8) is 0 Å². The molecular weight excluding hydrogens is 186 g/mol. The molecule has 2 aliphatic heterocycles. The van der Waals surface area contributed by atoms with E-state index in [9.17, 15) is 0 Å². The average Bonchev–Trinajstić information content (AvgIpc) is 2.81. The van der Waals surface area contributed by atoms with Gasteiger partial charge in [-0.2, -0.15) is 0 Å². The first-order valence-electron chi connectivity index (χ1n) is 6.49. The smallest absolute Gasteiger partial charge is 0.0230 e. The molecule has 15 heavy (non-hydrogen) atoms. The first kappa shape index (κ1) is 11.4. The third-order valence-electron chi connectivity index (χ3n) is 3.88. The molecule has 3 nitrogen and oxygen atoms in total. The molecule has 2 heterocycles. The van der Waals surface area contributed by atoms with Gasteiger partial charge < -0.3 is 15.1 Å². The predicted molar refractivity (Wildman–Crippen MR) is 64.2 cm³/mol. The highest BCUT2D eigenvalue weighted by Crippen LogP contribution is 2.10. The Hall–Kier alpha value is -0.120. The maximum atomic E-state index is 3.44. The number of nitrogens with one attached hydrogen (secondary N) is 1. The summed E-state index contributed by atoms with van der Waals surface area (Å²) in [5.41, 5.74) is 0. The highest BCUT2D eigenvalue weighted by Gasteiger charge is 2.19. The molecule has 3 heteroatoms. The quantitative estimate of drug-likeness (QED) is 0.741. The second-order valence-corrected chi connectivity index (χ2v) is 5.03. The van der Waals surface area contributed by atoms with Crippen LogP contribution in [-0.4, -0.2) is 62.2 Å². The van der Waals surface area contributed by atoms with Crippen molar-refractivity contribution in [3.8, 4) is 0 Å². The molecule has 2 fully saturated rings. The Kier molecular flexibility index (Phi) is 4.42. The first-order chi connectivity index (χ1) is 7.36. The molecule has 2 saturated heterocycles. The zero-order chi connectivity index (χ0) is 10.5. The summed E-state index contributed by atoms with van der Waals surface area (Å²) in [7, 11) is 2.28. The van der Waals surface area contributed by atoms with Gasteiger partial charge in [0.2, 0.25) is 0 Å². The van der Waals surface area contributed by atoms with E-state index in [0.717, 1.165) is 6.04 Å². The molecule has 0 aromatic rings. The maximum Gasteiger partial charge on any atom is 0.0230 e. The molecule has 0 saturated carbocycles. The standard InChI is InChI=1S/C12H25N3/c1-14(12-5-6-13-11-12)9-10-15-7-3-2-4-8-15/h12-13H,2-11H2,1H3. The number of hydrogen-bond donors (Lipinski definition) is 1. The van der Waals surface area contributed by atoms with E-state index in [2.05, 4.69) is 22.2 Å². The van der Waals surface area contributed by atoms with Gasteiger partial charge in [-0.25, -0.2) is 0 Å². The minimum absolute atomic E-state index is 0.787. The fourth-order valence-electron chi connectivity index (χ4n) is 2.68. The summed E-state index contributed by atoms with van der Waals surface area (Å²) in [5, 5.41) is 3.44. The van der Waals surface area contributed by atoms with Crippen LogP contribution in [0.15, 0.2) is 0 Å². The number of likely N-dealkylation sites (tertiary alicyclic amines) is 1. The molecule has 0 spiro atoms. The van der Waals surface area contributed by atoms with Crippen LogP contribution in [0.4, 0.5) is 0 Å². The summed E-state index contributed by atoms with van der Waals surface area (Å²) in [4.78, 5) is 5.16. The normalized spacial score (nSPS) is 28.8. The molecule has 0 amide bonds. The average molecular weight is 211 g/mol. The summed E-state index contributed by atoms with van der Waals surface area (Å²) < 4.78 is 0. The van der Waals surface area contributed by atoms with E-state index in [0.29, 0.717) is 0 Å². The van der Waals surface area contributed by atoms with Crippen molar-refractivity contribution >= 4 is 0 Å². The van der Waals surface area contributed by atoms with Crippen molar-refractivity contribution in [2.75, 3.05) is 46.3 Å². The molecule has 2 rings (SSSR count). The minimum Gasteiger partial charge on any atom is -0.315 e. The van der Waals surface area contributed by atoms with Crippen LogP contribution in [0.3, 0.4) is 0 Å². The Balaban J connectivity index is 1.63. The third-order valence-corrected chi connectivity index (χ3v) is 3.88. The molecule has 0 radical (unpaired) electrons. The van der Waals surface area contributed by atoms with E-state index in [-0.39, 0.29) is 0 Å². The Bertz CT molecular complexity index is 172. The highest BCUT2D eigenvalue weighted by molar-refractivity contribution is 4.79. The van der Waals surface area contributed by atoms with Gasteiger partial charge in [0.25, 0.3) is 0 Å². The van der Waals surface area contributed by atoms with E-state index in [1.807, 2.05) is 0 Å². The maximum absolute atomic E-state index is 3.44. The van der Waals surface area contributed by atoms with Crippen LogP contribution in [0.2, 0.25) is 0 Å². The lowest BCUT2D eigenvalue weighted by atomic mass is 10.1. The van der Waals surface area contributed by atoms with Crippen molar-refractivity contribution in [3.05, 3.63) is 0 Å². The zero-order valence-corrected chi connectivity index (χ0v) is 10.0. The SMILES string of the molecule is CN(CCN1CCCCC1)C1CCNC1. The van der Waals surface area contributed by atoms with Gasteiger partial charge in [-0.3, -0.25) is 0 Å². The molecule has 1 unspecified atom stereocenters. The monoisotopic (exact) mass is 211 g/mol. The largest absolute Gasteiger partial charge is 0.315 e. The van der Waals surface area contributed by atoms with Gasteiger partial charge in [-0.1, -0.05) is 6.42 Å². The van der Waals surface area contributed by atoms with Crippen LogP contribution in [0.25, 0.3) is 0 Å². The van der Waals surface area contributed by atoms with Gasteiger partial charge >= 0.3 is 0 Å². The topological polar surface area (TPSA) is 18.5 Å². The number of nitrogens with zero attached hydrogens (tertiary/aromatic N) is 2. The van der Waals surface area contributed by atoms with Crippen LogP contribution in [0.5, 0.6) is 0 Å². The molecule has 88 valence electrons. The Morgan fingerprint density at radius 3 is 2.73 bits per heavy atom. The van der Waals surface area contributed by atoms with Gasteiger partial charge in [-0.15, -0.1) is 0 Å². The van der Waals surface area contributed by atoms with Crippen molar-refractivity contribution in [2.45, 2.75) is 31.7 Å². The zero-order valence-electron chi connectivity index (χ0n) is 10.0. The van der Waals surface area contributed by atoms with Crippen LogP contribution in [0, 0.1) is 0 Å². The number of piperidine rings is 1. The summed E-state index contributed by atoms with van der Waals surface area (Å²) >= 11 is 0. The summed E-state index contributed by atoms with van der Waals surface area (Å²) in [6.45, 7) is 7.57. The number of rotatable bonds is 4. The first-order valence-corrected chi connectivity index (χ1v) is 6.49. The van der Waals surface area contributed by atoms with Crippen molar-refractivity contribution in [1.29, 1.82) is 0 Å². The number of likely N-dealkylation sites (N-methyl/N-ethyl adjacent to an activating group) is 1. The van der Waals surface area contributed by atoms with Crippen molar-refractivity contribution < 1.29 is 0 Å². The molecule has 1 N–H and O–H groups in total. The van der Waals surface area contributed by atoms with E-state index in [4.69, 9.17) is 0 Å². The highest BCUT2D eigenvalue weighted by atomic mass is 15.2. The Morgan fingerprint density at radius 2 is 2.07 bits per heavy atom. The molecular formula is C12H25N3. The lowest BCUT2D eigenvalue weighted by Gasteiger charge is -2.30. The van der Waals surface area contributed by atoms with Crippen LogP contribution >= 0.6 is 0 Å². The van der Waals surface area contributed by atoms with Crippen molar-refractivity contribution in [2.24, 2.45) is 0 Å². The van der Waals surface area contributed by atoms with Crippen LogP contribution in [-0.2, 0) is 0 Å². The van der Waals surface area contributed by atoms with E-state index < -0.39 is 0 Å². The molecule has 0 aliphatic carbocycles. The van der Waals surface area contributed by atoms with Crippen molar-refractivity contribution in [1.82, 2.24) is 15.1 Å². The molecule has 2 aliphatic rings. The number of hydrogen-bond acceptors (Lipinski definition) is 3.